The first-order chi connectivity index (χ1) is 9.98. The minimum absolute atomic E-state index is 0.145. The average Bonchev–Trinajstić information content (AvgIpc) is 2.81. The minimum atomic E-state index is -6.39. The van der Waals surface area contributed by atoms with Gasteiger partial charge in [0.25, 0.3) is 0 Å². The Morgan fingerprint density at radius 1 is 0.909 bits per heavy atom. The number of aromatic nitrogens is 2. The number of rotatable bonds is 3. The Balaban J connectivity index is 2.51. The molecule has 0 aliphatic rings. The molecular formula is C13H9F7N2. The van der Waals surface area contributed by atoms with E-state index in [-0.39, 0.29) is 5.82 Å². The number of imidazole rings is 1. The van der Waals surface area contributed by atoms with Crippen LogP contribution in [0, 0.1) is 0 Å². The zero-order valence-corrected chi connectivity index (χ0v) is 11.0. The molecule has 9 heteroatoms. The van der Waals surface area contributed by atoms with Crippen molar-refractivity contribution in [1.82, 2.24) is 9.55 Å². The van der Waals surface area contributed by atoms with Gasteiger partial charge in [-0.2, -0.15) is 30.7 Å². The van der Waals surface area contributed by atoms with E-state index in [0.717, 1.165) is 4.57 Å². The molecular weight excluding hydrogens is 317 g/mol. The van der Waals surface area contributed by atoms with E-state index in [1.54, 1.807) is 18.2 Å². The van der Waals surface area contributed by atoms with E-state index in [2.05, 4.69) is 4.98 Å². The van der Waals surface area contributed by atoms with Gasteiger partial charge in [-0.05, 0) is 0 Å². The predicted molar refractivity (Wildman–Crippen MR) is 63.5 cm³/mol. The fourth-order valence-corrected chi connectivity index (χ4v) is 1.81. The first-order valence-electron chi connectivity index (χ1n) is 5.90. The maximum absolute atomic E-state index is 13.6. The maximum atomic E-state index is 13.6. The third kappa shape index (κ3) is 2.44. The summed E-state index contributed by atoms with van der Waals surface area (Å²) in [6.07, 6.45) is -5.93. The molecule has 0 amide bonds. The highest BCUT2D eigenvalue weighted by Gasteiger charge is 2.74. The number of hydrogen-bond donors (Lipinski definition) is 0. The van der Waals surface area contributed by atoms with Crippen LogP contribution >= 0.6 is 0 Å². The molecule has 2 rings (SSSR count). The molecule has 1 aromatic carbocycles. The summed E-state index contributed by atoms with van der Waals surface area (Å²) in [5, 5.41) is 0. The second-order valence-corrected chi connectivity index (χ2v) is 4.57. The summed E-state index contributed by atoms with van der Waals surface area (Å²) in [6, 6.07) is 7.65. The minimum Gasteiger partial charge on any atom is -0.334 e. The lowest BCUT2D eigenvalue weighted by Gasteiger charge is -2.26. The highest BCUT2D eigenvalue weighted by Crippen LogP contribution is 2.51. The van der Waals surface area contributed by atoms with Crippen LogP contribution in [-0.2, 0) is 13.0 Å². The van der Waals surface area contributed by atoms with Crippen molar-refractivity contribution in [2.24, 2.45) is 7.05 Å². The molecule has 0 radical (unpaired) electrons. The quantitative estimate of drug-likeness (QED) is 0.766. The van der Waals surface area contributed by atoms with E-state index in [9.17, 15) is 30.7 Å². The van der Waals surface area contributed by atoms with Gasteiger partial charge >= 0.3 is 18.0 Å². The molecule has 0 saturated carbocycles. The number of hydrogen-bond acceptors (Lipinski definition) is 1. The van der Waals surface area contributed by atoms with Crippen molar-refractivity contribution in [1.29, 1.82) is 0 Å². The molecule has 120 valence electrons. The molecule has 0 N–H and O–H groups in total. The summed E-state index contributed by atoms with van der Waals surface area (Å²) < 4.78 is 90.7. The van der Waals surface area contributed by atoms with Crippen LogP contribution in [0.1, 0.15) is 5.69 Å². The second-order valence-electron chi connectivity index (χ2n) is 4.57. The topological polar surface area (TPSA) is 17.8 Å². The number of aryl methyl sites for hydroxylation is 1. The lowest BCUT2D eigenvalue weighted by atomic mass is 10.1. The third-order valence-electron chi connectivity index (χ3n) is 2.98. The molecule has 0 fully saturated rings. The highest BCUT2D eigenvalue weighted by atomic mass is 19.4. The highest BCUT2D eigenvalue weighted by molar-refractivity contribution is 5.55. The van der Waals surface area contributed by atoms with E-state index in [0.29, 0.717) is 11.8 Å². The van der Waals surface area contributed by atoms with Gasteiger partial charge < -0.3 is 4.57 Å². The van der Waals surface area contributed by atoms with Crippen LogP contribution < -0.4 is 0 Å². The van der Waals surface area contributed by atoms with E-state index in [4.69, 9.17) is 0 Å². The average molecular weight is 326 g/mol. The van der Waals surface area contributed by atoms with Gasteiger partial charge in [-0.15, -0.1) is 0 Å². The Hall–Kier alpha value is -2.06. The Bertz CT molecular complexity index is 659. The summed E-state index contributed by atoms with van der Waals surface area (Å²) in [6.45, 7) is 0. The molecule has 2 nitrogen and oxygen atoms in total. The van der Waals surface area contributed by atoms with Gasteiger partial charge in [-0.1, -0.05) is 30.3 Å². The van der Waals surface area contributed by atoms with Crippen molar-refractivity contribution in [3.8, 4) is 11.4 Å². The van der Waals surface area contributed by atoms with E-state index < -0.39 is 23.7 Å². The summed E-state index contributed by atoms with van der Waals surface area (Å²) in [5.74, 6) is -11.8. The fourth-order valence-electron chi connectivity index (χ4n) is 1.81. The van der Waals surface area contributed by atoms with E-state index >= 15 is 0 Å². The molecule has 0 saturated heterocycles. The van der Waals surface area contributed by atoms with E-state index in [1.807, 2.05) is 0 Å². The van der Waals surface area contributed by atoms with E-state index in [1.165, 1.54) is 19.2 Å². The molecule has 0 spiro atoms. The standard InChI is InChI=1S/C13H9F7N2/c1-22-7-9(11(14,15)12(16,17)13(18,19)20)21-10(22)8-5-3-2-4-6-8/h2-7H,1H3. The van der Waals surface area contributed by atoms with Gasteiger partial charge in [0.1, 0.15) is 11.5 Å². The largest absolute Gasteiger partial charge is 0.460 e. The van der Waals surface area contributed by atoms with Crippen molar-refractivity contribution >= 4 is 0 Å². The lowest BCUT2D eigenvalue weighted by Crippen LogP contribution is -2.50. The Morgan fingerprint density at radius 3 is 1.95 bits per heavy atom. The molecule has 1 heterocycles. The van der Waals surface area contributed by atoms with Gasteiger partial charge in [0.15, 0.2) is 0 Å². The molecule has 0 aliphatic heterocycles. The van der Waals surface area contributed by atoms with Crippen LogP contribution in [0.4, 0.5) is 30.7 Å². The molecule has 2 aromatic rings. The third-order valence-corrected chi connectivity index (χ3v) is 2.98. The maximum Gasteiger partial charge on any atom is 0.460 e. The van der Waals surface area contributed by atoms with Crippen LogP contribution in [0.25, 0.3) is 11.4 Å². The predicted octanol–water partition coefficient (Wildman–Crippen LogP) is 4.38. The van der Waals surface area contributed by atoms with Crippen LogP contribution in [-0.4, -0.2) is 21.6 Å². The van der Waals surface area contributed by atoms with Crippen LogP contribution in [0.2, 0.25) is 0 Å². The fraction of sp³-hybridized carbons (Fsp3) is 0.308. The zero-order valence-electron chi connectivity index (χ0n) is 11.0. The molecule has 0 unspecified atom stereocenters. The summed E-state index contributed by atoms with van der Waals surface area (Å²) in [7, 11) is 1.22. The van der Waals surface area contributed by atoms with Crippen LogP contribution in [0.15, 0.2) is 36.5 Å². The van der Waals surface area contributed by atoms with Gasteiger partial charge in [0.05, 0.1) is 0 Å². The normalized spacial score (nSPS) is 13.5. The van der Waals surface area contributed by atoms with Gasteiger partial charge in [-0.3, -0.25) is 0 Å². The number of halogens is 7. The summed E-state index contributed by atoms with van der Waals surface area (Å²) in [4.78, 5) is 3.26. The van der Waals surface area contributed by atoms with Crippen molar-refractivity contribution in [3.05, 3.63) is 42.2 Å². The summed E-state index contributed by atoms with van der Waals surface area (Å²) >= 11 is 0. The Kier molecular flexibility index (Phi) is 3.70. The molecule has 0 aliphatic carbocycles. The lowest BCUT2D eigenvalue weighted by molar-refractivity contribution is -0.360. The van der Waals surface area contributed by atoms with Crippen molar-refractivity contribution in [2.45, 2.75) is 18.0 Å². The number of benzene rings is 1. The van der Waals surface area contributed by atoms with Crippen molar-refractivity contribution in [3.63, 3.8) is 0 Å². The summed E-state index contributed by atoms with van der Waals surface area (Å²) in [5.41, 5.74) is -1.33. The zero-order chi connectivity index (χ0) is 16.8. The first-order valence-corrected chi connectivity index (χ1v) is 5.90. The monoisotopic (exact) mass is 326 g/mol. The van der Waals surface area contributed by atoms with Crippen LogP contribution in [0.5, 0.6) is 0 Å². The molecule has 22 heavy (non-hydrogen) atoms. The van der Waals surface area contributed by atoms with Crippen molar-refractivity contribution < 1.29 is 30.7 Å². The van der Waals surface area contributed by atoms with Gasteiger partial charge in [0, 0.05) is 18.8 Å². The Morgan fingerprint density at radius 2 is 1.45 bits per heavy atom. The van der Waals surface area contributed by atoms with Crippen molar-refractivity contribution in [2.75, 3.05) is 0 Å². The molecule has 0 atom stereocenters. The van der Waals surface area contributed by atoms with Gasteiger partial charge in [0.2, 0.25) is 0 Å². The second kappa shape index (κ2) is 4.99. The molecule has 1 aromatic heterocycles. The smallest absolute Gasteiger partial charge is 0.334 e. The van der Waals surface area contributed by atoms with Crippen LogP contribution in [0.3, 0.4) is 0 Å². The number of alkyl halides is 7. The SMILES string of the molecule is Cn1cc(C(F)(F)C(F)(F)C(F)(F)F)nc1-c1ccccc1. The van der Waals surface area contributed by atoms with Gasteiger partial charge in [-0.25, -0.2) is 4.98 Å². The Labute approximate surface area is 120 Å². The first kappa shape index (κ1) is 16.3. The number of nitrogens with zero attached hydrogens (tertiary/aromatic N) is 2. The molecule has 0 bridgehead atoms.